The van der Waals surface area contributed by atoms with Crippen molar-refractivity contribution in [2.75, 3.05) is 5.32 Å². The second kappa shape index (κ2) is 6.26. The lowest BCUT2D eigenvalue weighted by Gasteiger charge is -2.11. The van der Waals surface area contributed by atoms with Crippen LogP contribution in [0.4, 0.5) is 11.4 Å². The molecule has 4 nitrogen and oxygen atoms in total. The van der Waals surface area contributed by atoms with E-state index in [2.05, 4.69) is 33.4 Å². The lowest BCUT2D eigenvalue weighted by Crippen LogP contribution is -2.02. The number of nitrogens with zero attached hydrogens (tertiary/aromatic N) is 1. The highest BCUT2D eigenvalue weighted by atomic mass is 79.9. The van der Waals surface area contributed by atoms with Crippen molar-refractivity contribution >= 4 is 27.3 Å². The lowest BCUT2D eigenvalue weighted by molar-refractivity contribution is -0.385. The predicted octanol–water partition coefficient (Wildman–Crippen LogP) is 4.89. The topological polar surface area (TPSA) is 55.2 Å². The molecule has 0 unspecified atom stereocenters. The molecule has 0 aliphatic heterocycles. The van der Waals surface area contributed by atoms with Gasteiger partial charge in [-0.2, -0.15) is 0 Å². The Bertz CT molecular complexity index is 676. The Morgan fingerprint density at radius 2 is 1.71 bits per heavy atom. The summed E-state index contributed by atoms with van der Waals surface area (Å²) in [6.45, 7) is 6.39. The molecule has 21 heavy (non-hydrogen) atoms. The molecule has 0 spiro atoms. The van der Waals surface area contributed by atoms with E-state index in [1.54, 1.807) is 19.1 Å². The van der Waals surface area contributed by atoms with E-state index in [1.807, 2.05) is 19.9 Å². The van der Waals surface area contributed by atoms with E-state index in [0.29, 0.717) is 12.1 Å². The van der Waals surface area contributed by atoms with Gasteiger partial charge in [0.15, 0.2) is 0 Å². The summed E-state index contributed by atoms with van der Waals surface area (Å²) in [5, 5.41) is 14.3. The van der Waals surface area contributed by atoms with Crippen LogP contribution in [0.1, 0.15) is 22.3 Å². The number of halogens is 1. The third-order valence-electron chi connectivity index (χ3n) is 3.40. The quantitative estimate of drug-likeness (QED) is 0.631. The molecular weight excluding hydrogens is 332 g/mol. The third kappa shape index (κ3) is 3.61. The highest BCUT2D eigenvalue weighted by Crippen LogP contribution is 2.26. The molecule has 110 valence electrons. The van der Waals surface area contributed by atoms with Crippen LogP contribution in [-0.2, 0) is 6.54 Å². The molecular formula is C16H17BrN2O2. The van der Waals surface area contributed by atoms with Crippen LogP contribution in [0.2, 0.25) is 0 Å². The Labute approximate surface area is 132 Å². The van der Waals surface area contributed by atoms with Gasteiger partial charge in [0.2, 0.25) is 0 Å². The van der Waals surface area contributed by atoms with Crippen molar-refractivity contribution in [2.24, 2.45) is 0 Å². The summed E-state index contributed by atoms with van der Waals surface area (Å²) in [6.07, 6.45) is 0. The van der Waals surface area contributed by atoms with Crippen molar-refractivity contribution in [3.8, 4) is 0 Å². The first-order valence-electron chi connectivity index (χ1n) is 6.63. The van der Waals surface area contributed by atoms with E-state index < -0.39 is 0 Å². The van der Waals surface area contributed by atoms with Gasteiger partial charge in [-0.1, -0.05) is 28.1 Å². The second-order valence-corrected chi connectivity index (χ2v) is 5.95. The van der Waals surface area contributed by atoms with Crippen LogP contribution in [0.15, 0.2) is 34.8 Å². The molecule has 0 fully saturated rings. The number of nitrogens with one attached hydrogen (secondary N) is 1. The average Bonchev–Trinajstić information content (AvgIpc) is 2.43. The molecule has 2 aromatic carbocycles. The molecule has 0 aliphatic rings. The molecule has 2 aromatic rings. The third-order valence-corrected chi connectivity index (χ3v) is 4.65. The van der Waals surface area contributed by atoms with Gasteiger partial charge in [-0.3, -0.25) is 10.1 Å². The first-order valence-corrected chi connectivity index (χ1v) is 7.42. The maximum atomic E-state index is 11.0. The largest absolute Gasteiger partial charge is 0.381 e. The van der Waals surface area contributed by atoms with E-state index in [0.717, 1.165) is 26.9 Å². The number of nitro benzene ring substituents is 1. The Morgan fingerprint density at radius 1 is 1.10 bits per heavy atom. The van der Waals surface area contributed by atoms with E-state index in [4.69, 9.17) is 0 Å². The summed E-state index contributed by atoms with van der Waals surface area (Å²) in [7, 11) is 0. The first kappa shape index (κ1) is 15.5. The summed E-state index contributed by atoms with van der Waals surface area (Å²) < 4.78 is 1.11. The monoisotopic (exact) mass is 348 g/mol. The lowest BCUT2D eigenvalue weighted by atomic mass is 10.1. The van der Waals surface area contributed by atoms with Crippen LogP contribution in [-0.4, -0.2) is 4.92 Å². The van der Waals surface area contributed by atoms with Crippen LogP contribution in [0.25, 0.3) is 0 Å². The van der Waals surface area contributed by atoms with E-state index >= 15 is 0 Å². The standard InChI is InChI=1S/C16H17BrN2O2/c1-10-4-5-13(8-15(10)19(20)21)9-18-14-6-11(2)16(17)12(3)7-14/h4-8,18H,9H2,1-3H3. The van der Waals surface area contributed by atoms with Crippen molar-refractivity contribution in [3.63, 3.8) is 0 Å². The second-order valence-electron chi connectivity index (χ2n) is 5.16. The fraction of sp³-hybridized carbons (Fsp3) is 0.250. The fourth-order valence-electron chi connectivity index (χ4n) is 2.21. The fourth-order valence-corrected chi connectivity index (χ4v) is 2.44. The van der Waals surface area contributed by atoms with Gasteiger partial charge in [0, 0.05) is 28.3 Å². The molecule has 0 heterocycles. The molecule has 2 rings (SSSR count). The van der Waals surface area contributed by atoms with Crippen LogP contribution in [0, 0.1) is 30.9 Å². The maximum absolute atomic E-state index is 11.0. The van der Waals surface area contributed by atoms with Crippen LogP contribution in [0.5, 0.6) is 0 Å². The van der Waals surface area contributed by atoms with Crippen molar-refractivity contribution in [3.05, 3.63) is 67.2 Å². The van der Waals surface area contributed by atoms with Crippen molar-refractivity contribution in [2.45, 2.75) is 27.3 Å². The van der Waals surface area contributed by atoms with Crippen LogP contribution in [0.3, 0.4) is 0 Å². The minimum Gasteiger partial charge on any atom is -0.381 e. The van der Waals surface area contributed by atoms with Gasteiger partial charge in [0.25, 0.3) is 5.69 Å². The SMILES string of the molecule is Cc1ccc(CNc2cc(C)c(Br)c(C)c2)cc1[N+](=O)[O-]. The molecule has 5 heteroatoms. The van der Waals surface area contributed by atoms with Gasteiger partial charge < -0.3 is 5.32 Å². The molecule has 1 N–H and O–H groups in total. The summed E-state index contributed by atoms with van der Waals surface area (Å²) in [6, 6.07) is 9.43. The van der Waals surface area contributed by atoms with Gasteiger partial charge in [0.05, 0.1) is 4.92 Å². The number of benzene rings is 2. The number of anilines is 1. The molecule has 0 bridgehead atoms. The van der Waals surface area contributed by atoms with Crippen molar-refractivity contribution in [1.29, 1.82) is 0 Å². The Hall–Kier alpha value is -1.88. The minimum atomic E-state index is -0.341. The molecule has 0 radical (unpaired) electrons. The summed E-state index contributed by atoms with van der Waals surface area (Å²) in [5.41, 5.74) is 5.07. The van der Waals surface area contributed by atoms with E-state index in [9.17, 15) is 10.1 Å². The zero-order valence-electron chi connectivity index (χ0n) is 12.2. The van der Waals surface area contributed by atoms with Crippen LogP contribution >= 0.6 is 15.9 Å². The molecule has 0 saturated carbocycles. The number of aryl methyl sites for hydroxylation is 3. The smallest absolute Gasteiger partial charge is 0.272 e. The summed E-state index contributed by atoms with van der Waals surface area (Å²) in [5.74, 6) is 0. The maximum Gasteiger partial charge on any atom is 0.272 e. The zero-order chi connectivity index (χ0) is 15.6. The average molecular weight is 349 g/mol. The molecule has 0 saturated heterocycles. The number of nitro groups is 1. The molecule has 0 aromatic heterocycles. The summed E-state index contributed by atoms with van der Waals surface area (Å²) >= 11 is 3.54. The van der Waals surface area contributed by atoms with Crippen LogP contribution < -0.4 is 5.32 Å². The normalized spacial score (nSPS) is 10.5. The van der Waals surface area contributed by atoms with E-state index in [-0.39, 0.29) is 10.6 Å². The van der Waals surface area contributed by atoms with Gasteiger partial charge in [0.1, 0.15) is 0 Å². The van der Waals surface area contributed by atoms with Gasteiger partial charge in [-0.05, 0) is 49.6 Å². The Kier molecular flexibility index (Phi) is 4.63. The Balaban J connectivity index is 2.17. The molecule has 0 atom stereocenters. The molecule has 0 aliphatic carbocycles. The van der Waals surface area contributed by atoms with Crippen molar-refractivity contribution < 1.29 is 4.92 Å². The number of rotatable bonds is 4. The minimum absolute atomic E-state index is 0.164. The van der Waals surface area contributed by atoms with Crippen molar-refractivity contribution in [1.82, 2.24) is 0 Å². The highest BCUT2D eigenvalue weighted by Gasteiger charge is 2.11. The summed E-state index contributed by atoms with van der Waals surface area (Å²) in [4.78, 5) is 10.6. The zero-order valence-corrected chi connectivity index (χ0v) is 13.8. The van der Waals surface area contributed by atoms with Gasteiger partial charge >= 0.3 is 0 Å². The number of hydrogen-bond acceptors (Lipinski definition) is 3. The predicted molar refractivity (Wildman–Crippen MR) is 88.8 cm³/mol. The first-order chi connectivity index (χ1) is 9.88. The van der Waals surface area contributed by atoms with Gasteiger partial charge in [-0.15, -0.1) is 0 Å². The van der Waals surface area contributed by atoms with E-state index in [1.165, 1.54) is 0 Å². The number of hydrogen-bond donors (Lipinski definition) is 1. The Morgan fingerprint density at radius 3 is 2.29 bits per heavy atom. The van der Waals surface area contributed by atoms with Gasteiger partial charge in [-0.25, -0.2) is 0 Å². The molecule has 0 amide bonds. The highest BCUT2D eigenvalue weighted by molar-refractivity contribution is 9.10.